The minimum absolute atomic E-state index is 0.0693. The number of hydrogen-bond donors (Lipinski definition) is 1. The molecule has 0 aliphatic carbocycles. The Hall–Kier alpha value is -2.34. The number of benzene rings is 2. The van der Waals surface area contributed by atoms with Crippen molar-refractivity contribution >= 4 is 33.4 Å². The molecule has 2 amide bonds. The van der Waals surface area contributed by atoms with Crippen LogP contribution in [-0.2, 0) is 4.84 Å². The lowest BCUT2D eigenvalue weighted by molar-refractivity contribution is -0.0544. The van der Waals surface area contributed by atoms with Gasteiger partial charge in [-0.05, 0) is 23.8 Å². The lowest BCUT2D eigenvalue weighted by atomic mass is 9.85. The first-order valence-electron chi connectivity index (χ1n) is 8.76. The van der Waals surface area contributed by atoms with E-state index in [-0.39, 0.29) is 11.6 Å². The van der Waals surface area contributed by atoms with Crippen molar-refractivity contribution in [2.24, 2.45) is 5.16 Å². The van der Waals surface area contributed by atoms with Crippen LogP contribution >= 0.6 is 15.9 Å². The number of halogens is 1. The van der Waals surface area contributed by atoms with Crippen LogP contribution in [0.1, 0.15) is 24.8 Å². The van der Waals surface area contributed by atoms with E-state index in [1.165, 1.54) is 0 Å². The molecule has 1 saturated heterocycles. The SMILES string of the molecule is O=C(Nc1cccc(Br)c1)N1CCC2(CC1)CC(c1ccccc1)=NO2. The molecule has 2 aromatic carbocycles. The van der Waals surface area contributed by atoms with E-state index in [9.17, 15) is 4.79 Å². The molecule has 0 saturated carbocycles. The summed E-state index contributed by atoms with van der Waals surface area (Å²) < 4.78 is 0.942. The summed E-state index contributed by atoms with van der Waals surface area (Å²) in [6, 6.07) is 17.7. The minimum atomic E-state index is -0.266. The maximum absolute atomic E-state index is 12.5. The Morgan fingerprint density at radius 1 is 1.12 bits per heavy atom. The molecule has 5 nitrogen and oxygen atoms in total. The van der Waals surface area contributed by atoms with Crippen LogP contribution in [0.3, 0.4) is 0 Å². The Morgan fingerprint density at radius 2 is 1.88 bits per heavy atom. The summed E-state index contributed by atoms with van der Waals surface area (Å²) in [4.78, 5) is 20.2. The molecule has 0 aromatic heterocycles. The maximum atomic E-state index is 12.5. The fourth-order valence-electron chi connectivity index (χ4n) is 3.46. The molecule has 0 bridgehead atoms. The van der Waals surface area contributed by atoms with Crippen LogP contribution in [-0.4, -0.2) is 35.3 Å². The lowest BCUT2D eigenvalue weighted by Gasteiger charge is -2.37. The number of carbonyl (C=O) groups excluding carboxylic acids is 1. The molecule has 0 unspecified atom stereocenters. The van der Waals surface area contributed by atoms with Gasteiger partial charge in [-0.3, -0.25) is 0 Å². The number of amides is 2. The van der Waals surface area contributed by atoms with Crippen molar-refractivity contribution in [3.05, 3.63) is 64.6 Å². The summed E-state index contributed by atoms with van der Waals surface area (Å²) in [7, 11) is 0. The largest absolute Gasteiger partial charge is 0.388 e. The normalized spacial score (nSPS) is 18.3. The van der Waals surface area contributed by atoms with Crippen LogP contribution < -0.4 is 5.32 Å². The van der Waals surface area contributed by atoms with E-state index < -0.39 is 0 Å². The third-order valence-corrected chi connectivity index (χ3v) is 5.48. The smallest absolute Gasteiger partial charge is 0.321 e. The number of likely N-dealkylation sites (tertiary alicyclic amines) is 1. The quantitative estimate of drug-likeness (QED) is 0.779. The average Bonchev–Trinajstić information content (AvgIpc) is 3.07. The Labute approximate surface area is 161 Å². The van der Waals surface area contributed by atoms with Crippen LogP contribution in [0.15, 0.2) is 64.2 Å². The van der Waals surface area contributed by atoms with Crippen LogP contribution in [0.5, 0.6) is 0 Å². The second kappa shape index (κ2) is 7.11. The van der Waals surface area contributed by atoms with E-state index in [2.05, 4.69) is 38.5 Å². The highest BCUT2D eigenvalue weighted by Gasteiger charge is 2.43. The number of anilines is 1. The Kier molecular flexibility index (Phi) is 4.68. The van der Waals surface area contributed by atoms with Gasteiger partial charge < -0.3 is 15.1 Å². The Balaban J connectivity index is 1.34. The second-order valence-electron chi connectivity index (χ2n) is 6.78. The minimum Gasteiger partial charge on any atom is -0.388 e. The molecule has 134 valence electrons. The zero-order valence-corrected chi connectivity index (χ0v) is 15.9. The van der Waals surface area contributed by atoms with Gasteiger partial charge in [0, 0.05) is 42.5 Å². The average molecular weight is 414 g/mol. The number of nitrogens with zero attached hydrogens (tertiary/aromatic N) is 2. The van der Waals surface area contributed by atoms with Crippen LogP contribution in [0.25, 0.3) is 0 Å². The molecule has 4 rings (SSSR count). The van der Waals surface area contributed by atoms with Gasteiger partial charge in [0.15, 0.2) is 0 Å². The lowest BCUT2D eigenvalue weighted by Crippen LogP contribution is -2.48. The third kappa shape index (κ3) is 3.60. The molecular weight excluding hydrogens is 394 g/mol. The zero-order chi connectivity index (χ0) is 18.0. The molecule has 2 aromatic rings. The molecule has 26 heavy (non-hydrogen) atoms. The van der Waals surface area contributed by atoms with Crippen LogP contribution in [0.4, 0.5) is 10.5 Å². The molecule has 1 spiro atoms. The van der Waals surface area contributed by atoms with Crippen molar-refractivity contribution in [1.82, 2.24) is 4.90 Å². The van der Waals surface area contributed by atoms with Gasteiger partial charge in [0.05, 0.1) is 5.71 Å². The summed E-state index contributed by atoms with van der Waals surface area (Å²) in [6.45, 7) is 1.33. The first-order chi connectivity index (χ1) is 12.6. The summed E-state index contributed by atoms with van der Waals surface area (Å²) >= 11 is 3.42. The molecule has 2 heterocycles. The zero-order valence-electron chi connectivity index (χ0n) is 14.3. The van der Waals surface area contributed by atoms with Crippen molar-refractivity contribution in [2.75, 3.05) is 18.4 Å². The van der Waals surface area contributed by atoms with E-state index in [4.69, 9.17) is 4.84 Å². The van der Waals surface area contributed by atoms with E-state index in [1.54, 1.807) is 0 Å². The molecule has 2 aliphatic rings. The van der Waals surface area contributed by atoms with E-state index >= 15 is 0 Å². The first kappa shape index (κ1) is 17.1. The highest BCUT2D eigenvalue weighted by Crippen LogP contribution is 2.36. The summed E-state index contributed by atoms with van der Waals surface area (Å²) in [5, 5.41) is 7.28. The number of nitrogens with one attached hydrogen (secondary N) is 1. The van der Waals surface area contributed by atoms with Crippen LogP contribution in [0, 0.1) is 0 Å². The number of piperidine rings is 1. The number of urea groups is 1. The number of carbonyl (C=O) groups is 1. The van der Waals surface area contributed by atoms with Crippen molar-refractivity contribution < 1.29 is 9.63 Å². The first-order valence-corrected chi connectivity index (χ1v) is 9.55. The number of rotatable bonds is 2. The van der Waals surface area contributed by atoms with Gasteiger partial charge in [-0.2, -0.15) is 0 Å². The topological polar surface area (TPSA) is 53.9 Å². The fraction of sp³-hybridized carbons (Fsp3) is 0.300. The summed E-state index contributed by atoms with van der Waals surface area (Å²) in [5.74, 6) is 0. The molecule has 0 atom stereocenters. The van der Waals surface area contributed by atoms with Gasteiger partial charge in [0.2, 0.25) is 0 Å². The molecule has 1 fully saturated rings. The number of hydrogen-bond acceptors (Lipinski definition) is 3. The van der Waals surface area contributed by atoms with Crippen molar-refractivity contribution in [3.63, 3.8) is 0 Å². The van der Waals surface area contributed by atoms with Gasteiger partial charge >= 0.3 is 6.03 Å². The van der Waals surface area contributed by atoms with Gasteiger partial charge in [-0.25, -0.2) is 4.79 Å². The maximum Gasteiger partial charge on any atom is 0.321 e. The molecule has 0 radical (unpaired) electrons. The highest BCUT2D eigenvalue weighted by molar-refractivity contribution is 9.10. The van der Waals surface area contributed by atoms with Crippen molar-refractivity contribution in [2.45, 2.75) is 24.9 Å². The standard InChI is InChI=1S/C20H20BrN3O2/c21-16-7-4-8-17(13-16)22-19(25)24-11-9-20(10-12-24)14-18(23-26-20)15-5-2-1-3-6-15/h1-8,13H,9-12,14H2,(H,22,25). The van der Waals surface area contributed by atoms with Gasteiger partial charge in [0.25, 0.3) is 0 Å². The molecule has 2 aliphatic heterocycles. The Morgan fingerprint density at radius 3 is 2.62 bits per heavy atom. The molecule has 6 heteroatoms. The molecule has 1 N–H and O–H groups in total. The second-order valence-corrected chi connectivity index (χ2v) is 7.70. The van der Waals surface area contributed by atoms with Crippen molar-refractivity contribution in [1.29, 1.82) is 0 Å². The fourth-order valence-corrected chi connectivity index (χ4v) is 3.86. The predicted octanol–water partition coefficient (Wildman–Crippen LogP) is 4.64. The Bertz CT molecular complexity index is 830. The van der Waals surface area contributed by atoms with Gasteiger partial charge in [-0.1, -0.05) is 57.5 Å². The van der Waals surface area contributed by atoms with Crippen molar-refractivity contribution in [3.8, 4) is 0 Å². The number of oxime groups is 1. The monoisotopic (exact) mass is 413 g/mol. The highest BCUT2D eigenvalue weighted by atomic mass is 79.9. The van der Waals surface area contributed by atoms with Gasteiger partial charge in [0.1, 0.15) is 5.60 Å². The van der Waals surface area contributed by atoms with E-state index in [0.29, 0.717) is 13.1 Å². The van der Waals surface area contributed by atoms with Gasteiger partial charge in [-0.15, -0.1) is 0 Å². The van der Waals surface area contributed by atoms with E-state index in [1.807, 2.05) is 47.4 Å². The summed E-state index contributed by atoms with van der Waals surface area (Å²) in [5.41, 5.74) is 2.63. The van der Waals surface area contributed by atoms with Crippen LogP contribution in [0.2, 0.25) is 0 Å². The van der Waals surface area contributed by atoms with E-state index in [0.717, 1.165) is 40.7 Å². The predicted molar refractivity (Wildman–Crippen MR) is 105 cm³/mol. The third-order valence-electron chi connectivity index (χ3n) is 4.98. The summed E-state index contributed by atoms with van der Waals surface area (Å²) in [6.07, 6.45) is 2.38. The molecular formula is C20H20BrN3O2.